The van der Waals surface area contributed by atoms with Gasteiger partial charge in [0.05, 0.1) is 44.6 Å². The van der Waals surface area contributed by atoms with E-state index < -0.39 is 23.2 Å². The highest BCUT2D eigenvalue weighted by molar-refractivity contribution is 6.18. The average molecular weight is 901 g/mol. The molecule has 4 N–H and O–H groups in total. The van der Waals surface area contributed by atoms with Crippen molar-refractivity contribution in [3.63, 3.8) is 0 Å². The first-order valence-corrected chi connectivity index (χ1v) is 23.0. The fourth-order valence-electron chi connectivity index (χ4n) is 9.95. The summed E-state index contributed by atoms with van der Waals surface area (Å²) in [6, 6.07) is 66.7. The highest BCUT2D eigenvalue weighted by atomic mass is 16.4. The van der Waals surface area contributed by atoms with Gasteiger partial charge in [0.15, 0.2) is 12.0 Å². The van der Waals surface area contributed by atoms with Crippen LogP contribution in [0.2, 0.25) is 0 Å². The van der Waals surface area contributed by atoms with Gasteiger partial charge in [-0.25, -0.2) is 0 Å². The highest BCUT2D eigenvalue weighted by Crippen LogP contribution is 2.51. The van der Waals surface area contributed by atoms with E-state index >= 15 is 0 Å². The first-order chi connectivity index (χ1) is 33.7. The molecule has 0 amide bonds. The summed E-state index contributed by atoms with van der Waals surface area (Å²) in [6.45, 7) is 5.26. The van der Waals surface area contributed by atoms with Crippen molar-refractivity contribution in [1.29, 1.82) is 0 Å². The quantitative estimate of drug-likeness (QED) is 0.0381. The first kappa shape index (κ1) is 42.5. The van der Waals surface area contributed by atoms with Crippen molar-refractivity contribution in [2.45, 2.75) is 20.8 Å². The van der Waals surface area contributed by atoms with Crippen molar-refractivity contribution in [3.05, 3.63) is 234 Å². The molecule has 10 aromatic rings. The molecule has 0 unspecified atom stereocenters. The molecule has 0 atom stereocenters. The van der Waals surface area contributed by atoms with E-state index in [9.17, 15) is 20.4 Å². The summed E-state index contributed by atoms with van der Waals surface area (Å²) in [5, 5.41) is 47.5. The number of aliphatic hydroxyl groups is 4. The Kier molecular flexibility index (Phi) is 10.6. The molecule has 334 valence electrons. The van der Waals surface area contributed by atoms with E-state index in [-0.39, 0.29) is 0 Å². The SMILES string of the molecule is C/C=C\c1c(C=[N+](c2ccccc2)c2cccc(-n3c4ccccc4c4c(-c5cccc6c5-c5ccccc5[N+]6=C(O)/C(O)=C(/O)C(O)=C(C)C)cccc43)c2)c2ccccc2n1-c1ccccc1. The smallest absolute Gasteiger partial charge is 0.419 e. The van der Waals surface area contributed by atoms with Gasteiger partial charge in [-0.3, -0.25) is 0 Å². The van der Waals surface area contributed by atoms with Gasteiger partial charge in [0.2, 0.25) is 28.5 Å². The van der Waals surface area contributed by atoms with Crippen molar-refractivity contribution in [2.24, 2.45) is 0 Å². The maximum absolute atomic E-state index is 11.7. The van der Waals surface area contributed by atoms with Crippen LogP contribution in [0.5, 0.6) is 0 Å². The lowest BCUT2D eigenvalue weighted by Gasteiger charge is -2.11. The third-order valence-corrected chi connectivity index (χ3v) is 13.0. The van der Waals surface area contributed by atoms with E-state index in [1.165, 1.54) is 4.58 Å². The number of aromatic nitrogens is 2. The Labute approximate surface area is 399 Å². The van der Waals surface area contributed by atoms with E-state index in [1.54, 1.807) is 13.8 Å². The Morgan fingerprint density at radius 2 is 1.06 bits per heavy atom. The molecule has 0 bridgehead atoms. The topological polar surface area (TPSA) is 96.8 Å². The number of nitrogens with zero attached hydrogens (tertiary/aromatic N) is 4. The van der Waals surface area contributed by atoms with Crippen molar-refractivity contribution >= 4 is 73.6 Å². The van der Waals surface area contributed by atoms with Gasteiger partial charge < -0.3 is 29.6 Å². The Balaban J connectivity index is 1.12. The first-order valence-electron chi connectivity index (χ1n) is 23.0. The van der Waals surface area contributed by atoms with Gasteiger partial charge in [0.1, 0.15) is 0 Å². The fraction of sp³-hybridized carbons (Fsp3) is 0.0492. The lowest BCUT2D eigenvalue weighted by atomic mass is 9.92. The second-order valence-electron chi connectivity index (χ2n) is 17.3. The summed E-state index contributed by atoms with van der Waals surface area (Å²) in [5.74, 6) is -2.77. The van der Waals surface area contributed by atoms with Crippen LogP contribution in [0.25, 0.3) is 72.4 Å². The van der Waals surface area contributed by atoms with Gasteiger partial charge in [-0.05, 0) is 86.0 Å². The molecule has 0 radical (unpaired) electrons. The second-order valence-corrected chi connectivity index (χ2v) is 17.3. The number of benzene rings is 8. The van der Waals surface area contributed by atoms with Crippen molar-refractivity contribution < 1.29 is 20.4 Å². The number of para-hydroxylation sites is 5. The molecule has 0 saturated heterocycles. The van der Waals surface area contributed by atoms with Gasteiger partial charge in [0, 0.05) is 58.2 Å². The van der Waals surface area contributed by atoms with Crippen molar-refractivity contribution in [3.8, 4) is 33.6 Å². The highest BCUT2D eigenvalue weighted by Gasteiger charge is 2.39. The van der Waals surface area contributed by atoms with Crippen molar-refractivity contribution in [1.82, 2.24) is 18.3 Å². The Morgan fingerprint density at radius 3 is 1.81 bits per heavy atom. The molecule has 0 spiro atoms. The van der Waals surface area contributed by atoms with Gasteiger partial charge in [-0.15, -0.1) is 4.58 Å². The van der Waals surface area contributed by atoms with E-state index in [0.717, 1.165) is 89.0 Å². The molecule has 0 aliphatic carbocycles. The molecular weight excluding hydrogens is 853 g/mol. The van der Waals surface area contributed by atoms with E-state index in [4.69, 9.17) is 0 Å². The van der Waals surface area contributed by atoms with E-state index in [0.29, 0.717) is 16.9 Å². The summed E-state index contributed by atoms with van der Waals surface area (Å²) in [4.78, 5) is 0. The minimum atomic E-state index is -0.838. The lowest BCUT2D eigenvalue weighted by Crippen LogP contribution is -2.19. The van der Waals surface area contributed by atoms with Crippen LogP contribution in [0.15, 0.2) is 223 Å². The molecule has 8 aromatic carbocycles. The zero-order chi connectivity index (χ0) is 47.3. The van der Waals surface area contributed by atoms with E-state index in [1.807, 2.05) is 48.5 Å². The Morgan fingerprint density at radius 1 is 0.493 bits per heavy atom. The predicted octanol–water partition coefficient (Wildman–Crippen LogP) is 15.3. The maximum atomic E-state index is 11.7. The van der Waals surface area contributed by atoms with Gasteiger partial charge in [-0.1, -0.05) is 121 Å². The van der Waals surface area contributed by atoms with Crippen LogP contribution in [0.1, 0.15) is 32.0 Å². The minimum absolute atomic E-state index is 0.379. The molecule has 0 saturated carbocycles. The maximum Gasteiger partial charge on any atom is 0.419 e. The second kappa shape index (κ2) is 17.3. The number of hydrogen-bond donors (Lipinski definition) is 4. The van der Waals surface area contributed by atoms with Gasteiger partial charge in [0.25, 0.3) is 5.76 Å². The molecular formula is C61H48N4O4+2. The number of hydrogen-bond acceptors (Lipinski definition) is 3. The normalized spacial score (nSPS) is 13.5. The zero-order valence-electron chi connectivity index (χ0n) is 38.3. The summed E-state index contributed by atoms with van der Waals surface area (Å²) in [6.07, 6.45) is 6.56. The summed E-state index contributed by atoms with van der Waals surface area (Å²) in [5.41, 5.74) is 14.6. The third kappa shape index (κ3) is 7.00. The summed E-state index contributed by atoms with van der Waals surface area (Å²) >= 11 is 0. The molecule has 69 heavy (non-hydrogen) atoms. The van der Waals surface area contributed by atoms with Gasteiger partial charge >= 0.3 is 5.90 Å². The fourth-order valence-corrected chi connectivity index (χ4v) is 9.95. The number of aliphatic hydroxyl groups excluding tert-OH is 4. The van der Waals surface area contributed by atoms with E-state index in [2.05, 4.69) is 185 Å². The number of allylic oxidation sites excluding steroid dienone is 2. The summed E-state index contributed by atoms with van der Waals surface area (Å²) < 4.78 is 8.46. The number of rotatable bonds is 9. The largest absolute Gasteiger partial charge is 0.504 e. The Bertz CT molecular complexity index is 3850. The third-order valence-electron chi connectivity index (χ3n) is 13.0. The average Bonchev–Trinajstić information content (AvgIpc) is 4.03. The molecule has 1 aliphatic heterocycles. The van der Waals surface area contributed by atoms with Crippen LogP contribution in [-0.4, -0.2) is 41.7 Å². The van der Waals surface area contributed by atoms with Crippen LogP contribution in [-0.2, 0) is 0 Å². The van der Waals surface area contributed by atoms with Gasteiger partial charge in [-0.2, -0.15) is 4.58 Å². The van der Waals surface area contributed by atoms with Crippen molar-refractivity contribution in [2.75, 3.05) is 0 Å². The predicted molar refractivity (Wildman–Crippen MR) is 285 cm³/mol. The van der Waals surface area contributed by atoms with Crippen LogP contribution in [0.3, 0.4) is 0 Å². The molecule has 8 heteroatoms. The molecule has 0 fully saturated rings. The van der Waals surface area contributed by atoms with Crippen LogP contribution >= 0.6 is 0 Å². The molecule has 11 rings (SSSR count). The van der Waals surface area contributed by atoms with Crippen LogP contribution in [0.4, 0.5) is 22.7 Å². The summed E-state index contributed by atoms with van der Waals surface area (Å²) in [7, 11) is 0. The monoisotopic (exact) mass is 900 g/mol. The molecule has 8 nitrogen and oxygen atoms in total. The standard InChI is InChI=1S/C61H46N4O4/c1-4-20-50-49(44-27-11-14-32-51(44)63(50)41-23-9-6-10-24-41)38-62(40-21-7-5-8-22-40)42-25-17-26-43(37-42)64-52-33-15-12-28-47(52)56-45(30-18-35-54(56)64)46-31-19-36-55-57(46)48-29-13-16-34-53(48)65(55)61(69)60(68)59(67)58(66)39(2)3/h4-38H,1-3H3,(H2-,66,67,68,69)/p+2/b20-4-. The molecule has 2 aromatic heterocycles. The Hall–Kier alpha value is -9.14. The molecule has 3 heterocycles. The zero-order valence-corrected chi connectivity index (χ0v) is 38.3. The lowest BCUT2D eigenvalue weighted by molar-refractivity contribution is 0.284. The molecule has 1 aliphatic rings. The van der Waals surface area contributed by atoms with Crippen LogP contribution < -0.4 is 9.15 Å². The van der Waals surface area contributed by atoms with Crippen LogP contribution in [0, 0.1) is 0 Å². The minimum Gasteiger partial charge on any atom is -0.504 e. The number of fused-ring (bicyclic) bond motifs is 7.